The van der Waals surface area contributed by atoms with Crippen molar-refractivity contribution in [2.45, 2.75) is 51.9 Å². The number of benzene rings is 2. The van der Waals surface area contributed by atoms with E-state index in [-0.39, 0.29) is 18.2 Å². The molecule has 0 spiro atoms. The molecule has 1 atom stereocenters. The second kappa shape index (κ2) is 16.2. The number of hydrogen-bond acceptors (Lipinski definition) is 7. The number of alkyl halides is 1. The van der Waals surface area contributed by atoms with Gasteiger partial charge in [0.2, 0.25) is 5.88 Å². The van der Waals surface area contributed by atoms with E-state index in [0.717, 1.165) is 48.1 Å². The monoisotopic (exact) mass is 608 g/mol. The third-order valence-electron chi connectivity index (χ3n) is 6.69. The first-order chi connectivity index (χ1) is 21.0. The van der Waals surface area contributed by atoms with Crippen LogP contribution in [0.3, 0.4) is 0 Å². The van der Waals surface area contributed by atoms with Crippen LogP contribution < -0.4 is 14.8 Å². The lowest BCUT2D eigenvalue weighted by Gasteiger charge is -2.22. The highest BCUT2D eigenvalue weighted by Crippen LogP contribution is 2.35. The van der Waals surface area contributed by atoms with Crippen molar-refractivity contribution < 1.29 is 28.1 Å². The van der Waals surface area contributed by atoms with E-state index in [1.807, 2.05) is 74.5 Å². The van der Waals surface area contributed by atoms with Gasteiger partial charge in [0.05, 0.1) is 25.5 Å². The maximum atomic E-state index is 14.0. The number of nitrogens with one attached hydrogen (secondary N) is 1. The van der Waals surface area contributed by atoms with Gasteiger partial charge in [0, 0.05) is 33.7 Å². The Labute approximate surface area is 257 Å². The van der Waals surface area contributed by atoms with Crippen LogP contribution in [0.5, 0.6) is 11.6 Å². The number of Topliss-reactive ketones (excluding diaryl/α,β-unsaturated/α-hetero) is 1. The number of anilines is 2. The van der Waals surface area contributed by atoms with E-state index in [1.54, 1.807) is 12.2 Å². The van der Waals surface area contributed by atoms with Gasteiger partial charge in [-0.2, -0.15) is 4.98 Å². The predicted molar refractivity (Wildman–Crippen MR) is 169 cm³/mol. The van der Waals surface area contributed by atoms with Gasteiger partial charge in [-0.3, -0.25) is 9.18 Å². The minimum absolute atomic E-state index is 0.0671. The van der Waals surface area contributed by atoms with Crippen LogP contribution in [-0.2, 0) is 9.47 Å². The first-order valence-electron chi connectivity index (χ1n) is 14.5. The number of allylic oxidation sites excluding steroid dienone is 6. The van der Waals surface area contributed by atoms with Gasteiger partial charge in [0.15, 0.2) is 12.1 Å². The zero-order valence-corrected chi connectivity index (χ0v) is 25.5. The fourth-order valence-corrected chi connectivity index (χ4v) is 4.92. The van der Waals surface area contributed by atoms with Crippen molar-refractivity contribution in [3.63, 3.8) is 0 Å². The third kappa shape index (κ3) is 8.89. The number of carbonyl (C=O) groups is 1. The molecule has 2 aromatic carbocycles. The molecule has 1 N–H and O–H groups in total. The molecule has 1 aromatic heterocycles. The van der Waals surface area contributed by atoms with Crippen molar-refractivity contribution >= 4 is 39.7 Å². The smallest absolute Gasteiger partial charge is 0.223 e. The minimum atomic E-state index is -0.194. The van der Waals surface area contributed by atoms with Crippen LogP contribution in [0.2, 0.25) is 0 Å². The highest BCUT2D eigenvalue weighted by Gasteiger charge is 2.23. The molecule has 5 rings (SSSR count). The van der Waals surface area contributed by atoms with Crippen LogP contribution in [0.1, 0.15) is 49.9 Å². The summed E-state index contributed by atoms with van der Waals surface area (Å²) in [5.41, 5.74) is 1.76. The second-order valence-corrected chi connectivity index (χ2v) is 10.6. The van der Waals surface area contributed by atoms with E-state index in [9.17, 15) is 9.18 Å². The molecular formula is C34H38ClFN2O5. The summed E-state index contributed by atoms with van der Waals surface area (Å²) in [7, 11) is 0.500. The Morgan fingerprint density at radius 3 is 2.53 bits per heavy atom. The lowest BCUT2D eigenvalue weighted by atomic mass is 9.97. The van der Waals surface area contributed by atoms with Crippen molar-refractivity contribution in [1.29, 1.82) is 0 Å². The van der Waals surface area contributed by atoms with Crippen molar-refractivity contribution in [1.82, 2.24) is 4.98 Å². The van der Waals surface area contributed by atoms with E-state index < -0.39 is 0 Å². The topological polar surface area (TPSA) is 78.9 Å². The van der Waals surface area contributed by atoms with Gasteiger partial charge in [-0.25, -0.2) is 0 Å². The van der Waals surface area contributed by atoms with Crippen LogP contribution >= 0.6 is 11.6 Å². The van der Waals surface area contributed by atoms with Crippen molar-refractivity contribution in [2.24, 2.45) is 0 Å². The summed E-state index contributed by atoms with van der Waals surface area (Å²) < 4.78 is 32.9. The average Bonchev–Trinajstić information content (AvgIpc) is 3.25. The Hall–Kier alpha value is -3.72. The molecule has 43 heavy (non-hydrogen) atoms. The number of ketones is 1. The van der Waals surface area contributed by atoms with Crippen LogP contribution in [0.25, 0.3) is 10.8 Å². The summed E-state index contributed by atoms with van der Waals surface area (Å²) in [6.45, 7) is 5.35. The fraction of sp³-hybridized carbons (Fsp3) is 0.353. The molecule has 9 heteroatoms. The Morgan fingerprint density at radius 2 is 1.81 bits per heavy atom. The summed E-state index contributed by atoms with van der Waals surface area (Å²) >= 11 is 6.21. The first-order valence-corrected chi connectivity index (χ1v) is 14.8. The molecule has 0 amide bonds. The van der Waals surface area contributed by atoms with Crippen LogP contribution in [-0.4, -0.2) is 50.2 Å². The van der Waals surface area contributed by atoms with Crippen LogP contribution in [0.15, 0.2) is 83.4 Å². The Kier molecular flexibility index (Phi) is 12.1. The zero-order valence-electron chi connectivity index (χ0n) is 24.8. The van der Waals surface area contributed by atoms with Gasteiger partial charge in [-0.15, -0.1) is 0 Å². The third-order valence-corrected chi connectivity index (χ3v) is 6.97. The Morgan fingerprint density at radius 1 is 1.05 bits per heavy atom. The SMILES string of the molecule is CC(C)Oc1ccc(Nc2nc(OCCOC3CCCCO3)c3ccccc3c2C(=O)C2=CCC=C(Cl)C=C2)cc1.CF. The molecule has 1 fully saturated rings. The maximum absolute atomic E-state index is 14.0. The quantitative estimate of drug-likeness (QED) is 0.173. The molecule has 1 aliphatic heterocycles. The van der Waals surface area contributed by atoms with E-state index in [1.165, 1.54) is 0 Å². The molecule has 0 saturated carbocycles. The average molecular weight is 609 g/mol. The standard InChI is InChI=1S/C33H35ClN2O5.CH3F/c1-22(2)41-26-17-15-25(16-18-26)35-32-30(31(37)23-8-7-9-24(34)14-13-23)27-10-3-4-11-28(27)33(36-32)40-21-20-39-29-12-5-6-19-38-29;1-2/h3-4,8-11,13-18,22,29H,5-7,12,19-21H2,1-2H3,(H,35,36);1H3. The number of hydrogen-bond donors (Lipinski definition) is 1. The fourth-order valence-electron chi connectivity index (χ4n) is 4.77. The number of nitrogens with zero attached hydrogens (tertiary/aromatic N) is 1. The van der Waals surface area contributed by atoms with Gasteiger partial charge < -0.3 is 24.3 Å². The molecule has 1 saturated heterocycles. The first kappa shape index (κ1) is 32.2. The van der Waals surface area contributed by atoms with E-state index in [0.29, 0.717) is 54.7 Å². The molecule has 0 radical (unpaired) electrons. The van der Waals surface area contributed by atoms with E-state index in [2.05, 4.69) is 5.32 Å². The van der Waals surface area contributed by atoms with Crippen molar-refractivity contribution in [2.75, 3.05) is 32.3 Å². The summed E-state index contributed by atoms with van der Waals surface area (Å²) in [4.78, 5) is 18.9. The maximum Gasteiger partial charge on any atom is 0.223 e. The summed E-state index contributed by atoms with van der Waals surface area (Å²) in [6.07, 6.45) is 10.7. The number of carbonyl (C=O) groups excluding carboxylic acids is 1. The number of ether oxygens (including phenoxy) is 4. The van der Waals surface area contributed by atoms with E-state index in [4.69, 9.17) is 35.5 Å². The normalized spacial score (nSPS) is 16.5. The highest BCUT2D eigenvalue weighted by molar-refractivity contribution is 6.31. The van der Waals surface area contributed by atoms with Gasteiger partial charge in [0.25, 0.3) is 0 Å². The molecule has 228 valence electrons. The molecule has 3 aromatic rings. The molecule has 2 aliphatic rings. The van der Waals surface area contributed by atoms with Gasteiger partial charge in [0.1, 0.15) is 18.2 Å². The van der Waals surface area contributed by atoms with E-state index >= 15 is 0 Å². The molecule has 1 aliphatic carbocycles. The predicted octanol–water partition coefficient (Wildman–Crippen LogP) is 8.47. The Balaban J connectivity index is 0.00000207. The number of aromatic nitrogens is 1. The van der Waals surface area contributed by atoms with Crippen LogP contribution in [0.4, 0.5) is 15.9 Å². The van der Waals surface area contributed by atoms with Crippen molar-refractivity contribution in [3.8, 4) is 11.6 Å². The van der Waals surface area contributed by atoms with Crippen LogP contribution in [0, 0.1) is 0 Å². The Bertz CT molecular complexity index is 1460. The number of halogens is 2. The molecule has 7 nitrogen and oxygen atoms in total. The number of fused-ring (bicyclic) bond motifs is 1. The lowest BCUT2D eigenvalue weighted by molar-refractivity contribution is -0.165. The highest BCUT2D eigenvalue weighted by atomic mass is 35.5. The number of rotatable bonds is 11. The molecule has 2 heterocycles. The minimum Gasteiger partial charge on any atom is -0.491 e. The summed E-state index contributed by atoms with van der Waals surface area (Å²) in [5.74, 6) is 1.42. The molecular weight excluding hydrogens is 571 g/mol. The second-order valence-electron chi connectivity index (χ2n) is 10.2. The molecule has 0 bridgehead atoms. The van der Waals surface area contributed by atoms with Crippen molar-refractivity contribution in [3.05, 3.63) is 89.0 Å². The zero-order chi connectivity index (χ0) is 30.6. The largest absolute Gasteiger partial charge is 0.491 e. The molecule has 1 unspecified atom stereocenters. The van der Waals surface area contributed by atoms with Gasteiger partial charge >= 0.3 is 0 Å². The number of pyridine rings is 1. The van der Waals surface area contributed by atoms with Gasteiger partial charge in [-0.1, -0.05) is 42.0 Å². The van der Waals surface area contributed by atoms with Gasteiger partial charge in [-0.05, 0) is 82.0 Å². The lowest BCUT2D eigenvalue weighted by Crippen LogP contribution is -2.24. The summed E-state index contributed by atoms with van der Waals surface area (Å²) in [6, 6.07) is 15.2. The summed E-state index contributed by atoms with van der Waals surface area (Å²) in [5, 5.41) is 5.44.